The monoisotopic (exact) mass is 221 g/mol. The lowest BCUT2D eigenvalue weighted by Gasteiger charge is -2.06. The zero-order valence-electron chi connectivity index (χ0n) is 6.88. The first kappa shape index (κ1) is 10.8. The number of aromatic hydroxyl groups is 1. The van der Waals surface area contributed by atoms with E-state index in [9.17, 15) is 13.6 Å². The molecule has 1 heterocycles. The van der Waals surface area contributed by atoms with Crippen LogP contribution in [0.3, 0.4) is 0 Å². The van der Waals surface area contributed by atoms with Gasteiger partial charge in [0.1, 0.15) is 5.69 Å². The van der Waals surface area contributed by atoms with Gasteiger partial charge in [-0.05, 0) is 6.07 Å². The number of pyridine rings is 1. The Morgan fingerprint density at radius 3 is 2.71 bits per heavy atom. The van der Waals surface area contributed by atoms with Crippen molar-refractivity contribution in [3.05, 3.63) is 23.0 Å². The molecule has 76 valence electrons. The Morgan fingerprint density at radius 1 is 1.64 bits per heavy atom. The molecule has 0 aliphatic rings. The van der Waals surface area contributed by atoms with Crippen LogP contribution < -0.4 is 0 Å². The van der Waals surface area contributed by atoms with E-state index in [1.165, 1.54) is 6.07 Å². The highest BCUT2D eigenvalue weighted by molar-refractivity contribution is 6.16. The van der Waals surface area contributed by atoms with Crippen molar-refractivity contribution in [2.45, 2.75) is 12.3 Å². The number of rotatable bonds is 3. The molecule has 0 radical (unpaired) electrons. The molecule has 0 unspecified atom stereocenters. The molecule has 0 saturated heterocycles. The van der Waals surface area contributed by atoms with Crippen molar-refractivity contribution in [2.24, 2.45) is 0 Å². The van der Waals surface area contributed by atoms with E-state index in [4.69, 9.17) is 16.7 Å². The largest absolute Gasteiger partial charge is 0.505 e. The van der Waals surface area contributed by atoms with Crippen molar-refractivity contribution in [1.29, 1.82) is 0 Å². The predicted octanol–water partition coefficient (Wildman–Crippen LogP) is 2.28. The molecule has 0 aliphatic carbocycles. The van der Waals surface area contributed by atoms with Crippen LogP contribution in [0.4, 0.5) is 8.78 Å². The van der Waals surface area contributed by atoms with Gasteiger partial charge in [0.05, 0.1) is 17.1 Å². The van der Waals surface area contributed by atoms with Gasteiger partial charge in [-0.2, -0.15) is 0 Å². The summed E-state index contributed by atoms with van der Waals surface area (Å²) in [6.45, 7) is 0. The fourth-order valence-electron chi connectivity index (χ4n) is 0.946. The third kappa shape index (κ3) is 1.98. The molecule has 0 saturated carbocycles. The van der Waals surface area contributed by atoms with Crippen LogP contribution in [0.1, 0.15) is 28.2 Å². The summed E-state index contributed by atoms with van der Waals surface area (Å²) in [6.07, 6.45) is -2.66. The van der Waals surface area contributed by atoms with E-state index in [1.54, 1.807) is 0 Å². The minimum Gasteiger partial charge on any atom is -0.505 e. The number of aldehydes is 1. The highest BCUT2D eigenvalue weighted by Gasteiger charge is 2.18. The second-order valence-electron chi connectivity index (χ2n) is 2.49. The van der Waals surface area contributed by atoms with Crippen LogP contribution in [0.5, 0.6) is 5.75 Å². The van der Waals surface area contributed by atoms with Crippen LogP contribution in [0.15, 0.2) is 6.07 Å². The lowest BCUT2D eigenvalue weighted by atomic mass is 10.2. The van der Waals surface area contributed by atoms with Gasteiger partial charge in [0, 0.05) is 0 Å². The maximum absolute atomic E-state index is 12.3. The average molecular weight is 222 g/mol. The second-order valence-corrected chi connectivity index (χ2v) is 2.76. The Hall–Kier alpha value is -1.23. The Balaban J connectivity index is 3.34. The van der Waals surface area contributed by atoms with Crippen molar-refractivity contribution in [3.8, 4) is 5.75 Å². The van der Waals surface area contributed by atoms with Gasteiger partial charge >= 0.3 is 0 Å². The van der Waals surface area contributed by atoms with Gasteiger partial charge in [0.25, 0.3) is 6.43 Å². The summed E-state index contributed by atoms with van der Waals surface area (Å²) in [4.78, 5) is 13.8. The molecule has 6 heteroatoms. The first-order valence-electron chi connectivity index (χ1n) is 3.62. The fraction of sp³-hybridized carbons (Fsp3) is 0.250. The maximum atomic E-state index is 12.3. The number of nitrogens with zero attached hydrogens (tertiary/aromatic N) is 1. The van der Waals surface area contributed by atoms with Crippen LogP contribution in [0, 0.1) is 0 Å². The highest BCUT2D eigenvalue weighted by Crippen LogP contribution is 2.29. The predicted molar refractivity (Wildman–Crippen MR) is 45.8 cm³/mol. The van der Waals surface area contributed by atoms with Crippen molar-refractivity contribution in [3.63, 3.8) is 0 Å². The molecular formula is C8H6ClF2NO2. The van der Waals surface area contributed by atoms with Gasteiger partial charge in [-0.1, -0.05) is 0 Å². The summed E-state index contributed by atoms with van der Waals surface area (Å²) in [5.74, 6) is -0.884. The molecule has 3 nitrogen and oxygen atoms in total. The van der Waals surface area contributed by atoms with E-state index >= 15 is 0 Å². The van der Waals surface area contributed by atoms with Gasteiger partial charge in [-0.3, -0.25) is 4.79 Å². The first-order chi connectivity index (χ1) is 6.60. The number of aromatic nitrogens is 1. The SMILES string of the molecule is O=Cc1cc(CCl)nc(C(F)F)c1O. The van der Waals surface area contributed by atoms with E-state index in [0.29, 0.717) is 0 Å². The normalized spacial score (nSPS) is 10.6. The van der Waals surface area contributed by atoms with E-state index < -0.39 is 17.9 Å². The molecule has 1 rings (SSSR count). The summed E-state index contributed by atoms with van der Waals surface area (Å²) in [6, 6.07) is 1.17. The van der Waals surface area contributed by atoms with Crippen LogP contribution in [0.25, 0.3) is 0 Å². The first-order valence-corrected chi connectivity index (χ1v) is 4.15. The number of carbonyl (C=O) groups is 1. The fourth-order valence-corrected chi connectivity index (χ4v) is 1.08. The number of halogens is 3. The quantitative estimate of drug-likeness (QED) is 0.629. The molecule has 0 aromatic carbocycles. The molecule has 0 amide bonds. The van der Waals surface area contributed by atoms with E-state index in [1.807, 2.05) is 0 Å². The van der Waals surface area contributed by atoms with Gasteiger partial charge in [-0.15, -0.1) is 11.6 Å². The number of carbonyl (C=O) groups excluding carboxylic acids is 1. The number of hydrogen-bond acceptors (Lipinski definition) is 3. The standard InChI is InChI=1S/C8H6ClF2NO2/c9-2-5-1-4(3-13)7(14)6(12-5)8(10)11/h1,3,8,14H,2H2. The molecular weight excluding hydrogens is 216 g/mol. The van der Waals surface area contributed by atoms with Crippen LogP contribution >= 0.6 is 11.6 Å². The maximum Gasteiger partial charge on any atom is 0.284 e. The van der Waals surface area contributed by atoms with Gasteiger partial charge in [-0.25, -0.2) is 13.8 Å². The minimum atomic E-state index is -2.93. The van der Waals surface area contributed by atoms with Crippen LogP contribution in [0.2, 0.25) is 0 Å². The molecule has 1 aromatic heterocycles. The van der Waals surface area contributed by atoms with Crippen molar-refractivity contribution < 1.29 is 18.7 Å². The van der Waals surface area contributed by atoms with Gasteiger partial charge in [0.15, 0.2) is 12.0 Å². The summed E-state index contributed by atoms with van der Waals surface area (Å²) < 4.78 is 24.6. The van der Waals surface area contributed by atoms with E-state index in [0.717, 1.165) is 0 Å². The van der Waals surface area contributed by atoms with Crippen molar-refractivity contribution >= 4 is 17.9 Å². The third-order valence-electron chi connectivity index (χ3n) is 1.57. The van der Waals surface area contributed by atoms with E-state index in [-0.39, 0.29) is 23.4 Å². The molecule has 0 atom stereocenters. The Kier molecular flexibility index (Phi) is 3.35. The zero-order chi connectivity index (χ0) is 10.7. The lowest BCUT2D eigenvalue weighted by Crippen LogP contribution is -1.99. The van der Waals surface area contributed by atoms with Gasteiger partial charge < -0.3 is 5.11 Å². The van der Waals surface area contributed by atoms with Crippen molar-refractivity contribution in [1.82, 2.24) is 4.98 Å². The summed E-state index contributed by atoms with van der Waals surface area (Å²) in [7, 11) is 0. The molecule has 0 spiro atoms. The summed E-state index contributed by atoms with van der Waals surface area (Å²) in [5.41, 5.74) is -0.918. The zero-order valence-corrected chi connectivity index (χ0v) is 7.63. The average Bonchev–Trinajstić information content (AvgIpc) is 2.17. The van der Waals surface area contributed by atoms with Crippen molar-refractivity contribution in [2.75, 3.05) is 0 Å². The molecule has 0 bridgehead atoms. The molecule has 0 fully saturated rings. The van der Waals surface area contributed by atoms with Crippen LogP contribution in [-0.2, 0) is 5.88 Å². The second kappa shape index (κ2) is 4.32. The molecule has 14 heavy (non-hydrogen) atoms. The Labute approximate surface area is 83.3 Å². The van der Waals surface area contributed by atoms with Crippen LogP contribution in [-0.4, -0.2) is 16.4 Å². The molecule has 0 aliphatic heterocycles. The summed E-state index contributed by atoms with van der Waals surface area (Å²) in [5, 5.41) is 9.16. The Morgan fingerprint density at radius 2 is 2.29 bits per heavy atom. The third-order valence-corrected chi connectivity index (χ3v) is 1.85. The number of alkyl halides is 3. The molecule has 1 N–H and O–H groups in total. The number of hydrogen-bond donors (Lipinski definition) is 1. The topological polar surface area (TPSA) is 50.2 Å². The summed E-state index contributed by atoms with van der Waals surface area (Å²) >= 11 is 5.38. The smallest absolute Gasteiger partial charge is 0.284 e. The Bertz CT molecular complexity index is 357. The highest BCUT2D eigenvalue weighted by atomic mass is 35.5. The molecule has 1 aromatic rings. The van der Waals surface area contributed by atoms with E-state index in [2.05, 4.69) is 4.98 Å². The minimum absolute atomic E-state index is 0.0964. The van der Waals surface area contributed by atoms with Gasteiger partial charge in [0.2, 0.25) is 0 Å². The lowest BCUT2D eigenvalue weighted by molar-refractivity contribution is 0.111.